The van der Waals surface area contributed by atoms with Gasteiger partial charge in [-0.25, -0.2) is 0 Å². The van der Waals surface area contributed by atoms with E-state index in [4.69, 9.17) is 23.2 Å². The Labute approximate surface area is 112 Å². The van der Waals surface area contributed by atoms with E-state index in [1.165, 1.54) is 13.0 Å². The van der Waals surface area contributed by atoms with Gasteiger partial charge < -0.3 is 4.84 Å². The molecule has 1 atom stereocenters. The number of hydrogen-bond acceptors (Lipinski definition) is 2. The molecule has 7 heteroatoms. The number of benzene rings is 1. The number of nitrogens with zero attached hydrogens (tertiary/aromatic N) is 1. The minimum atomic E-state index is -4.67. The second-order valence-electron chi connectivity index (χ2n) is 3.56. The van der Waals surface area contributed by atoms with Gasteiger partial charge >= 0.3 is 6.18 Å². The molecule has 0 heterocycles. The van der Waals surface area contributed by atoms with Gasteiger partial charge in [-0.2, -0.15) is 13.2 Å². The molecule has 18 heavy (non-hydrogen) atoms. The Morgan fingerprint density at radius 1 is 1.22 bits per heavy atom. The molecule has 0 fully saturated rings. The van der Waals surface area contributed by atoms with Crippen molar-refractivity contribution >= 4 is 29.9 Å². The van der Waals surface area contributed by atoms with Crippen LogP contribution in [-0.2, 0) is 10.4 Å². The summed E-state index contributed by atoms with van der Waals surface area (Å²) in [7, 11) is 0. The van der Waals surface area contributed by atoms with Gasteiger partial charge in [0.2, 0.25) is 0 Å². The maximum absolute atomic E-state index is 13.2. The first-order valence-electron chi connectivity index (χ1n) is 4.94. The summed E-state index contributed by atoms with van der Waals surface area (Å²) in [6, 6.07) is 3.63. The van der Waals surface area contributed by atoms with Crippen molar-refractivity contribution in [3.8, 4) is 0 Å². The number of halogens is 5. The van der Waals surface area contributed by atoms with Gasteiger partial charge in [0.25, 0.3) is 5.60 Å². The lowest BCUT2D eigenvalue weighted by Gasteiger charge is -2.32. The third-order valence-corrected chi connectivity index (χ3v) is 2.94. The van der Waals surface area contributed by atoms with E-state index in [9.17, 15) is 13.2 Å². The van der Waals surface area contributed by atoms with Crippen molar-refractivity contribution < 1.29 is 18.0 Å². The fourth-order valence-electron chi connectivity index (χ4n) is 1.63. The molecule has 0 aliphatic rings. The molecule has 0 amide bonds. The van der Waals surface area contributed by atoms with Crippen LogP contribution in [0, 0.1) is 0 Å². The van der Waals surface area contributed by atoms with Crippen molar-refractivity contribution in [1.29, 1.82) is 0 Å². The number of alkyl halides is 3. The van der Waals surface area contributed by atoms with E-state index in [0.29, 0.717) is 0 Å². The number of rotatable bonds is 4. The summed E-state index contributed by atoms with van der Waals surface area (Å²) in [4.78, 5) is 4.51. The minimum Gasteiger partial charge on any atom is -0.375 e. The van der Waals surface area contributed by atoms with Crippen molar-refractivity contribution in [2.24, 2.45) is 5.16 Å². The quantitative estimate of drug-likeness (QED) is 0.578. The van der Waals surface area contributed by atoms with Gasteiger partial charge in [-0.3, -0.25) is 0 Å². The van der Waals surface area contributed by atoms with E-state index in [1.54, 1.807) is 0 Å². The molecule has 0 radical (unpaired) electrons. The maximum Gasteiger partial charge on any atom is 0.435 e. The Morgan fingerprint density at radius 3 is 2.06 bits per heavy atom. The molecule has 0 saturated carbocycles. The Balaban J connectivity index is 3.46. The molecule has 0 N–H and O–H groups in total. The van der Waals surface area contributed by atoms with Gasteiger partial charge in [-0.05, 0) is 18.2 Å². The van der Waals surface area contributed by atoms with Crippen LogP contribution in [0.2, 0.25) is 10.0 Å². The summed E-state index contributed by atoms with van der Waals surface area (Å²) in [6.45, 7) is 4.27. The molecule has 2 nitrogen and oxygen atoms in total. The monoisotopic (exact) mass is 299 g/mol. The zero-order valence-corrected chi connectivity index (χ0v) is 10.9. The van der Waals surface area contributed by atoms with Crippen molar-refractivity contribution in [3.05, 3.63) is 33.8 Å². The first-order chi connectivity index (χ1) is 8.26. The Hall–Kier alpha value is -0.940. The van der Waals surface area contributed by atoms with Crippen LogP contribution in [0.1, 0.15) is 18.9 Å². The van der Waals surface area contributed by atoms with Crippen molar-refractivity contribution in [1.82, 2.24) is 0 Å². The molecule has 0 aromatic heterocycles. The van der Waals surface area contributed by atoms with Crippen LogP contribution < -0.4 is 0 Å². The Bertz CT molecular complexity index is 430. The number of oxime groups is 1. The lowest BCUT2D eigenvalue weighted by atomic mass is 9.90. The summed E-state index contributed by atoms with van der Waals surface area (Å²) in [5.41, 5.74) is -2.80. The van der Waals surface area contributed by atoms with Gasteiger partial charge in [0, 0.05) is 28.7 Å². The zero-order valence-electron chi connectivity index (χ0n) is 9.39. The minimum absolute atomic E-state index is 0.0900. The molecule has 0 aliphatic heterocycles. The van der Waals surface area contributed by atoms with Crippen molar-refractivity contribution in [2.75, 3.05) is 0 Å². The highest BCUT2D eigenvalue weighted by atomic mass is 35.5. The predicted octanol–water partition coefficient (Wildman–Crippen LogP) is 4.79. The van der Waals surface area contributed by atoms with Crippen LogP contribution in [0.15, 0.2) is 23.4 Å². The summed E-state index contributed by atoms with van der Waals surface area (Å²) in [5, 5.41) is 3.11. The van der Waals surface area contributed by atoms with Gasteiger partial charge in [-0.15, -0.1) is 5.16 Å². The van der Waals surface area contributed by atoms with Crippen LogP contribution in [-0.4, -0.2) is 12.9 Å². The summed E-state index contributed by atoms with van der Waals surface area (Å²) >= 11 is 11.4. The van der Waals surface area contributed by atoms with Crippen LogP contribution in [0.5, 0.6) is 0 Å². The van der Waals surface area contributed by atoms with E-state index in [0.717, 1.165) is 12.1 Å². The third-order valence-electron chi connectivity index (χ3n) is 2.51. The molecule has 0 saturated heterocycles. The molecule has 1 unspecified atom stereocenters. The molecule has 0 aliphatic carbocycles. The molecule has 100 valence electrons. The topological polar surface area (TPSA) is 21.6 Å². The van der Waals surface area contributed by atoms with Crippen molar-refractivity contribution in [3.63, 3.8) is 0 Å². The fraction of sp³-hybridized carbons (Fsp3) is 0.364. The third kappa shape index (κ3) is 2.72. The molecule has 1 aromatic carbocycles. The normalized spacial score (nSPS) is 15.0. The average Bonchev–Trinajstić information content (AvgIpc) is 2.22. The first kappa shape index (κ1) is 15.1. The summed E-state index contributed by atoms with van der Waals surface area (Å²) < 4.78 is 39.6. The molecule has 0 spiro atoms. The van der Waals surface area contributed by atoms with Crippen LogP contribution >= 0.6 is 23.2 Å². The second-order valence-corrected chi connectivity index (χ2v) is 4.43. The summed E-state index contributed by atoms with van der Waals surface area (Å²) in [5.74, 6) is 0. The van der Waals surface area contributed by atoms with Gasteiger partial charge in [0.05, 0.1) is 0 Å². The average molecular weight is 300 g/mol. The molecular formula is C11H10Cl2F3NO. The Kier molecular flexibility index (Phi) is 4.50. The standard InChI is InChI=1S/C11H10Cl2F3NO/c1-3-10(18-17-2,11(14,15)16)7-4-8(12)6-9(13)5-7/h4-6H,2-3H2,1H3. The van der Waals surface area contributed by atoms with E-state index >= 15 is 0 Å². The zero-order chi connectivity index (χ0) is 14.0. The highest BCUT2D eigenvalue weighted by molar-refractivity contribution is 6.34. The smallest absolute Gasteiger partial charge is 0.375 e. The largest absolute Gasteiger partial charge is 0.435 e. The van der Waals surface area contributed by atoms with Gasteiger partial charge in [0.1, 0.15) is 0 Å². The van der Waals surface area contributed by atoms with Gasteiger partial charge in [0.15, 0.2) is 0 Å². The number of hydrogen-bond donors (Lipinski definition) is 0. The fourth-order valence-corrected chi connectivity index (χ4v) is 2.16. The second kappa shape index (κ2) is 5.36. The predicted molar refractivity (Wildman–Crippen MR) is 65.1 cm³/mol. The van der Waals surface area contributed by atoms with E-state index in [-0.39, 0.29) is 22.0 Å². The van der Waals surface area contributed by atoms with Crippen LogP contribution in [0.3, 0.4) is 0 Å². The van der Waals surface area contributed by atoms with Crippen molar-refractivity contribution in [2.45, 2.75) is 25.1 Å². The SMILES string of the molecule is C=NOC(CC)(c1cc(Cl)cc(Cl)c1)C(F)(F)F. The highest BCUT2D eigenvalue weighted by Crippen LogP contribution is 2.46. The maximum atomic E-state index is 13.2. The summed E-state index contributed by atoms with van der Waals surface area (Å²) in [6.07, 6.45) is -5.05. The lowest BCUT2D eigenvalue weighted by Crippen LogP contribution is -2.43. The highest BCUT2D eigenvalue weighted by Gasteiger charge is 2.58. The first-order valence-corrected chi connectivity index (χ1v) is 5.70. The van der Waals surface area contributed by atoms with E-state index < -0.39 is 11.8 Å². The Morgan fingerprint density at radius 2 is 1.72 bits per heavy atom. The molecule has 1 aromatic rings. The van der Waals surface area contributed by atoms with Crippen LogP contribution in [0.25, 0.3) is 0 Å². The van der Waals surface area contributed by atoms with E-state index in [1.807, 2.05) is 0 Å². The molecule has 1 rings (SSSR count). The lowest BCUT2D eigenvalue weighted by molar-refractivity contribution is -0.286. The van der Waals surface area contributed by atoms with Crippen LogP contribution in [0.4, 0.5) is 13.2 Å². The molecule has 0 bridgehead atoms. The van der Waals surface area contributed by atoms with Gasteiger partial charge in [-0.1, -0.05) is 30.1 Å². The van der Waals surface area contributed by atoms with E-state index in [2.05, 4.69) is 16.7 Å². The molecular weight excluding hydrogens is 290 g/mol.